The fraction of sp³-hybridized carbons (Fsp3) is 1.00. The molecule has 1 fully saturated rings. The van der Waals surface area contributed by atoms with Gasteiger partial charge in [0.25, 0.3) is 0 Å². The van der Waals surface area contributed by atoms with Crippen LogP contribution in [-0.2, 0) is 0 Å². The van der Waals surface area contributed by atoms with Crippen LogP contribution < -0.4 is 0 Å². The van der Waals surface area contributed by atoms with E-state index in [9.17, 15) is 0 Å². The van der Waals surface area contributed by atoms with Crippen molar-refractivity contribution in [3.05, 3.63) is 0 Å². The van der Waals surface area contributed by atoms with Crippen LogP contribution in [0.1, 0.15) is 20.8 Å². The van der Waals surface area contributed by atoms with E-state index >= 15 is 0 Å². The van der Waals surface area contributed by atoms with Crippen molar-refractivity contribution in [1.29, 1.82) is 0 Å². The van der Waals surface area contributed by atoms with Gasteiger partial charge in [-0.3, -0.25) is 0 Å². The van der Waals surface area contributed by atoms with Crippen LogP contribution in [-0.4, -0.2) is 29.9 Å². The minimum absolute atomic E-state index is 0.383. The molecule has 0 N–H and O–H groups in total. The Kier molecular flexibility index (Phi) is 3.20. The molecule has 1 saturated heterocycles. The smallest absolute Gasteiger partial charge is 0.0500 e. The maximum Gasteiger partial charge on any atom is 0.0500 e. The fourth-order valence-electron chi connectivity index (χ4n) is 1.69. The van der Waals surface area contributed by atoms with Crippen molar-refractivity contribution in [2.75, 3.05) is 19.6 Å². The average Bonchev–Trinajstić information content (AvgIpc) is 2.10. The second-order valence-corrected chi connectivity index (χ2v) is 4.67. The highest BCUT2D eigenvalue weighted by molar-refractivity contribution is 6.21. The van der Waals surface area contributed by atoms with E-state index in [0.29, 0.717) is 11.3 Å². The molecule has 2 atom stereocenters. The van der Waals surface area contributed by atoms with E-state index in [1.165, 1.54) is 13.1 Å². The summed E-state index contributed by atoms with van der Waals surface area (Å²) in [6.07, 6.45) is 0. The summed E-state index contributed by atoms with van der Waals surface area (Å²) in [6.45, 7) is 10.2. The zero-order chi connectivity index (χ0) is 8.43. The highest BCUT2D eigenvalue weighted by atomic mass is 35.5. The van der Waals surface area contributed by atoms with E-state index in [1.54, 1.807) is 0 Å². The largest absolute Gasteiger partial charge is 0.301 e. The van der Waals surface area contributed by atoms with Gasteiger partial charge in [-0.1, -0.05) is 20.8 Å². The normalized spacial score (nSPS) is 33.5. The highest BCUT2D eigenvalue weighted by Crippen LogP contribution is 2.21. The SMILES string of the molecule is CC(C)CN1CC(C)C(Cl)C1. The third-order valence-corrected chi connectivity index (χ3v) is 2.79. The molecule has 0 spiro atoms. The Balaban J connectivity index is 2.29. The summed E-state index contributed by atoms with van der Waals surface area (Å²) in [5, 5.41) is 0.383. The fourth-order valence-corrected chi connectivity index (χ4v) is 1.96. The Labute approximate surface area is 74.7 Å². The van der Waals surface area contributed by atoms with Crippen molar-refractivity contribution in [3.8, 4) is 0 Å². The third kappa shape index (κ3) is 2.64. The van der Waals surface area contributed by atoms with Crippen molar-refractivity contribution < 1.29 is 0 Å². The molecule has 11 heavy (non-hydrogen) atoms. The predicted molar refractivity (Wildman–Crippen MR) is 50.1 cm³/mol. The van der Waals surface area contributed by atoms with Crippen molar-refractivity contribution in [3.63, 3.8) is 0 Å². The minimum Gasteiger partial charge on any atom is -0.301 e. The number of halogens is 1. The third-order valence-electron chi connectivity index (χ3n) is 2.22. The quantitative estimate of drug-likeness (QED) is 0.582. The van der Waals surface area contributed by atoms with Crippen molar-refractivity contribution in [1.82, 2.24) is 4.90 Å². The lowest BCUT2D eigenvalue weighted by molar-refractivity contribution is 0.290. The first kappa shape index (κ1) is 9.34. The molecular weight excluding hydrogens is 158 g/mol. The first-order valence-electron chi connectivity index (χ1n) is 4.46. The molecule has 0 aromatic carbocycles. The summed E-state index contributed by atoms with van der Waals surface area (Å²) in [6, 6.07) is 0. The highest BCUT2D eigenvalue weighted by Gasteiger charge is 2.27. The summed E-state index contributed by atoms with van der Waals surface area (Å²) in [7, 11) is 0. The molecule has 1 nitrogen and oxygen atoms in total. The van der Waals surface area contributed by atoms with Gasteiger partial charge in [0.2, 0.25) is 0 Å². The van der Waals surface area contributed by atoms with E-state index in [1.807, 2.05) is 0 Å². The van der Waals surface area contributed by atoms with Gasteiger partial charge in [0.05, 0.1) is 5.38 Å². The van der Waals surface area contributed by atoms with Crippen LogP contribution in [0, 0.1) is 11.8 Å². The van der Waals surface area contributed by atoms with Crippen molar-refractivity contribution >= 4 is 11.6 Å². The Morgan fingerprint density at radius 1 is 1.45 bits per heavy atom. The number of hydrogen-bond donors (Lipinski definition) is 0. The molecule has 0 saturated carbocycles. The van der Waals surface area contributed by atoms with Gasteiger partial charge in [-0.05, 0) is 11.8 Å². The molecule has 66 valence electrons. The standard InChI is InChI=1S/C9H18ClN/c1-7(2)4-11-5-8(3)9(10)6-11/h7-9H,4-6H2,1-3H3. The van der Waals surface area contributed by atoms with E-state index < -0.39 is 0 Å². The molecular formula is C9H18ClN. The monoisotopic (exact) mass is 175 g/mol. The molecule has 1 aliphatic heterocycles. The van der Waals surface area contributed by atoms with Gasteiger partial charge < -0.3 is 4.90 Å². The number of rotatable bonds is 2. The molecule has 0 amide bonds. The Morgan fingerprint density at radius 2 is 2.09 bits per heavy atom. The maximum absolute atomic E-state index is 6.10. The predicted octanol–water partition coefficient (Wildman–Crippen LogP) is 2.20. The van der Waals surface area contributed by atoms with E-state index in [-0.39, 0.29) is 0 Å². The van der Waals surface area contributed by atoms with Crippen LogP contribution in [0.3, 0.4) is 0 Å². The lowest BCUT2D eigenvalue weighted by Gasteiger charge is -2.17. The molecule has 2 heteroatoms. The van der Waals surface area contributed by atoms with E-state index in [2.05, 4.69) is 25.7 Å². The number of hydrogen-bond acceptors (Lipinski definition) is 1. The summed E-state index contributed by atoms with van der Waals surface area (Å²) in [5.74, 6) is 1.44. The average molecular weight is 176 g/mol. The minimum atomic E-state index is 0.383. The molecule has 1 heterocycles. The molecule has 0 aromatic rings. The van der Waals surface area contributed by atoms with Crippen LogP contribution in [0.2, 0.25) is 0 Å². The van der Waals surface area contributed by atoms with Gasteiger partial charge in [0.15, 0.2) is 0 Å². The molecule has 0 aliphatic carbocycles. The van der Waals surface area contributed by atoms with E-state index in [0.717, 1.165) is 12.5 Å². The lowest BCUT2D eigenvalue weighted by Crippen LogP contribution is -2.25. The van der Waals surface area contributed by atoms with Crippen LogP contribution in [0.25, 0.3) is 0 Å². The second-order valence-electron chi connectivity index (χ2n) is 4.11. The van der Waals surface area contributed by atoms with Gasteiger partial charge in [-0.2, -0.15) is 0 Å². The first-order valence-corrected chi connectivity index (χ1v) is 4.89. The van der Waals surface area contributed by atoms with Gasteiger partial charge in [0.1, 0.15) is 0 Å². The van der Waals surface area contributed by atoms with Crippen LogP contribution in [0.5, 0.6) is 0 Å². The van der Waals surface area contributed by atoms with Crippen LogP contribution >= 0.6 is 11.6 Å². The topological polar surface area (TPSA) is 3.24 Å². The summed E-state index contributed by atoms with van der Waals surface area (Å²) in [4.78, 5) is 2.47. The van der Waals surface area contributed by atoms with Crippen molar-refractivity contribution in [2.24, 2.45) is 11.8 Å². The molecule has 0 radical (unpaired) electrons. The van der Waals surface area contributed by atoms with Gasteiger partial charge in [-0.25, -0.2) is 0 Å². The molecule has 0 aromatic heterocycles. The second kappa shape index (κ2) is 3.77. The molecule has 2 unspecified atom stereocenters. The lowest BCUT2D eigenvalue weighted by atomic mass is 10.1. The molecule has 0 bridgehead atoms. The maximum atomic E-state index is 6.10. The Bertz CT molecular complexity index is 112. The van der Waals surface area contributed by atoms with Crippen molar-refractivity contribution in [2.45, 2.75) is 26.1 Å². The van der Waals surface area contributed by atoms with E-state index in [4.69, 9.17) is 11.6 Å². The number of alkyl halides is 1. The Morgan fingerprint density at radius 3 is 2.45 bits per heavy atom. The molecule has 1 aliphatic rings. The number of likely N-dealkylation sites (tertiary alicyclic amines) is 1. The zero-order valence-electron chi connectivity index (χ0n) is 7.68. The Hall–Kier alpha value is 0.250. The summed E-state index contributed by atoms with van der Waals surface area (Å²) in [5.41, 5.74) is 0. The zero-order valence-corrected chi connectivity index (χ0v) is 8.43. The number of nitrogens with zero attached hydrogens (tertiary/aromatic N) is 1. The summed E-state index contributed by atoms with van der Waals surface area (Å²) < 4.78 is 0. The van der Waals surface area contributed by atoms with Gasteiger partial charge in [0, 0.05) is 19.6 Å². The first-order chi connectivity index (χ1) is 5.09. The molecule has 1 rings (SSSR count). The summed E-state index contributed by atoms with van der Waals surface area (Å²) >= 11 is 6.10. The van der Waals surface area contributed by atoms with Gasteiger partial charge >= 0.3 is 0 Å². The van der Waals surface area contributed by atoms with Gasteiger partial charge in [-0.15, -0.1) is 11.6 Å². The van der Waals surface area contributed by atoms with Crippen LogP contribution in [0.15, 0.2) is 0 Å². The van der Waals surface area contributed by atoms with Crippen LogP contribution in [0.4, 0.5) is 0 Å².